The van der Waals surface area contributed by atoms with E-state index in [1.807, 2.05) is 31.2 Å². The summed E-state index contributed by atoms with van der Waals surface area (Å²) in [6, 6.07) is 11.8. The molecule has 7 nitrogen and oxygen atoms in total. The minimum atomic E-state index is -0.468. The fourth-order valence-corrected chi connectivity index (χ4v) is 1.84. The summed E-state index contributed by atoms with van der Waals surface area (Å²) in [5.41, 5.74) is 4.19. The zero-order valence-electron chi connectivity index (χ0n) is 11.5. The van der Waals surface area contributed by atoms with E-state index in [-0.39, 0.29) is 5.69 Å². The SMILES string of the molecule is CCOc1ccc(Nc2cc(NN)cc([N+](=O)[O-])c2)cc1. The Labute approximate surface area is 121 Å². The first-order valence-electron chi connectivity index (χ1n) is 6.38. The summed E-state index contributed by atoms with van der Waals surface area (Å²) < 4.78 is 5.35. The second-order valence-electron chi connectivity index (χ2n) is 4.25. The van der Waals surface area contributed by atoms with Crippen LogP contribution in [-0.4, -0.2) is 11.5 Å². The highest BCUT2D eigenvalue weighted by molar-refractivity contribution is 5.68. The summed E-state index contributed by atoms with van der Waals surface area (Å²) in [6.07, 6.45) is 0. The molecule has 0 aliphatic heterocycles. The van der Waals surface area contributed by atoms with Crippen molar-refractivity contribution < 1.29 is 9.66 Å². The zero-order chi connectivity index (χ0) is 15.2. The van der Waals surface area contributed by atoms with E-state index < -0.39 is 4.92 Å². The van der Waals surface area contributed by atoms with Crippen LogP contribution in [0.25, 0.3) is 0 Å². The molecule has 4 N–H and O–H groups in total. The van der Waals surface area contributed by atoms with Crippen molar-refractivity contribution in [1.82, 2.24) is 0 Å². The van der Waals surface area contributed by atoms with E-state index in [2.05, 4.69) is 10.7 Å². The molecule has 0 saturated heterocycles. The average Bonchev–Trinajstić information content (AvgIpc) is 2.49. The van der Waals surface area contributed by atoms with Crippen LogP contribution in [0.3, 0.4) is 0 Å². The fraction of sp³-hybridized carbons (Fsp3) is 0.143. The van der Waals surface area contributed by atoms with E-state index in [1.54, 1.807) is 6.07 Å². The summed E-state index contributed by atoms with van der Waals surface area (Å²) in [5, 5.41) is 14.0. The van der Waals surface area contributed by atoms with Crippen LogP contribution in [0.1, 0.15) is 6.92 Å². The Morgan fingerprint density at radius 1 is 1.14 bits per heavy atom. The van der Waals surface area contributed by atoms with Crippen molar-refractivity contribution in [2.24, 2.45) is 5.84 Å². The predicted octanol–water partition coefficient (Wildman–Crippen LogP) is 3.02. The highest BCUT2D eigenvalue weighted by atomic mass is 16.6. The molecule has 21 heavy (non-hydrogen) atoms. The Hall–Kier alpha value is -2.80. The lowest BCUT2D eigenvalue weighted by molar-refractivity contribution is -0.384. The second-order valence-corrected chi connectivity index (χ2v) is 4.25. The number of nitro benzene ring substituents is 1. The number of nitrogens with two attached hydrogens (primary N) is 1. The predicted molar refractivity (Wildman–Crippen MR) is 81.8 cm³/mol. The van der Waals surface area contributed by atoms with Crippen LogP contribution < -0.4 is 21.3 Å². The first-order valence-corrected chi connectivity index (χ1v) is 6.38. The van der Waals surface area contributed by atoms with Crippen LogP contribution in [0.4, 0.5) is 22.7 Å². The standard InChI is InChI=1S/C14H16N4O3/c1-2-21-14-5-3-10(4-6-14)16-11-7-12(17-15)9-13(8-11)18(19)20/h3-9,16-17H,2,15H2,1H3. The van der Waals surface area contributed by atoms with Gasteiger partial charge in [-0.15, -0.1) is 0 Å². The Morgan fingerprint density at radius 2 is 1.81 bits per heavy atom. The Morgan fingerprint density at radius 3 is 2.38 bits per heavy atom. The molecule has 0 radical (unpaired) electrons. The van der Waals surface area contributed by atoms with Crippen molar-refractivity contribution in [2.45, 2.75) is 6.92 Å². The maximum atomic E-state index is 10.9. The van der Waals surface area contributed by atoms with Gasteiger partial charge in [-0.1, -0.05) is 0 Å². The minimum Gasteiger partial charge on any atom is -0.494 e. The highest BCUT2D eigenvalue weighted by Crippen LogP contribution is 2.27. The molecule has 0 aliphatic carbocycles. The van der Waals surface area contributed by atoms with E-state index in [4.69, 9.17) is 10.6 Å². The lowest BCUT2D eigenvalue weighted by atomic mass is 10.2. The van der Waals surface area contributed by atoms with Crippen molar-refractivity contribution in [3.63, 3.8) is 0 Å². The van der Waals surface area contributed by atoms with E-state index in [9.17, 15) is 10.1 Å². The molecular weight excluding hydrogens is 272 g/mol. The van der Waals surface area contributed by atoms with Crippen molar-refractivity contribution in [3.8, 4) is 5.75 Å². The van der Waals surface area contributed by atoms with Gasteiger partial charge in [0.05, 0.1) is 17.2 Å². The molecule has 2 aromatic rings. The van der Waals surface area contributed by atoms with Crippen LogP contribution >= 0.6 is 0 Å². The molecule has 7 heteroatoms. The van der Waals surface area contributed by atoms with Crippen LogP contribution in [0.15, 0.2) is 42.5 Å². The first kappa shape index (κ1) is 14.6. The van der Waals surface area contributed by atoms with Gasteiger partial charge in [-0.3, -0.25) is 16.0 Å². The number of hydrazine groups is 1. The van der Waals surface area contributed by atoms with E-state index in [0.717, 1.165) is 11.4 Å². The molecule has 0 unspecified atom stereocenters. The van der Waals surface area contributed by atoms with Gasteiger partial charge < -0.3 is 15.5 Å². The molecule has 0 heterocycles. The molecule has 0 bridgehead atoms. The quantitative estimate of drug-likeness (QED) is 0.429. The van der Waals surface area contributed by atoms with E-state index >= 15 is 0 Å². The molecule has 0 aromatic heterocycles. The maximum absolute atomic E-state index is 10.9. The number of rotatable bonds is 6. The van der Waals surface area contributed by atoms with Gasteiger partial charge in [-0.05, 0) is 37.3 Å². The first-order chi connectivity index (χ1) is 10.1. The smallest absolute Gasteiger partial charge is 0.273 e. The third-order valence-corrected chi connectivity index (χ3v) is 2.75. The van der Waals surface area contributed by atoms with Crippen molar-refractivity contribution in [2.75, 3.05) is 17.3 Å². The summed E-state index contributed by atoms with van der Waals surface area (Å²) in [5.74, 6) is 6.09. The lowest BCUT2D eigenvalue weighted by Gasteiger charge is -2.09. The van der Waals surface area contributed by atoms with Gasteiger partial charge in [0.2, 0.25) is 0 Å². The number of non-ortho nitro benzene ring substituents is 1. The Kier molecular flexibility index (Phi) is 4.57. The van der Waals surface area contributed by atoms with Gasteiger partial charge in [0.15, 0.2) is 0 Å². The second kappa shape index (κ2) is 6.58. The molecular formula is C14H16N4O3. The van der Waals surface area contributed by atoms with Gasteiger partial charge in [0.1, 0.15) is 5.75 Å². The number of nitrogen functional groups attached to an aromatic ring is 1. The van der Waals surface area contributed by atoms with E-state index in [1.165, 1.54) is 12.1 Å². The van der Waals surface area contributed by atoms with Crippen LogP contribution in [0.5, 0.6) is 5.75 Å². The molecule has 0 fully saturated rings. The number of nitrogens with zero attached hydrogens (tertiary/aromatic N) is 1. The van der Waals surface area contributed by atoms with Gasteiger partial charge in [-0.25, -0.2) is 0 Å². The van der Waals surface area contributed by atoms with Gasteiger partial charge in [-0.2, -0.15) is 0 Å². The molecule has 0 aliphatic rings. The Bertz CT molecular complexity index is 629. The third kappa shape index (κ3) is 3.83. The van der Waals surface area contributed by atoms with Crippen LogP contribution in [-0.2, 0) is 0 Å². The van der Waals surface area contributed by atoms with Crippen molar-refractivity contribution >= 4 is 22.7 Å². The van der Waals surface area contributed by atoms with E-state index in [0.29, 0.717) is 18.0 Å². The summed E-state index contributed by atoms with van der Waals surface area (Å²) in [6.45, 7) is 2.51. The maximum Gasteiger partial charge on any atom is 0.273 e. The molecule has 0 spiro atoms. The molecule has 0 saturated carbocycles. The topological polar surface area (TPSA) is 102 Å². The minimum absolute atomic E-state index is 0.0427. The number of hydrogen-bond acceptors (Lipinski definition) is 6. The lowest BCUT2D eigenvalue weighted by Crippen LogP contribution is -2.07. The van der Waals surface area contributed by atoms with Crippen molar-refractivity contribution in [3.05, 3.63) is 52.6 Å². The number of nitro groups is 1. The molecule has 2 aromatic carbocycles. The normalized spacial score (nSPS) is 10.0. The number of nitrogens with one attached hydrogen (secondary N) is 2. The number of ether oxygens (including phenoxy) is 1. The average molecular weight is 288 g/mol. The van der Waals surface area contributed by atoms with Gasteiger partial charge in [0.25, 0.3) is 5.69 Å². The zero-order valence-corrected chi connectivity index (χ0v) is 11.5. The summed E-state index contributed by atoms with van der Waals surface area (Å²) in [7, 11) is 0. The largest absolute Gasteiger partial charge is 0.494 e. The molecule has 0 amide bonds. The number of anilines is 3. The number of hydrogen-bond donors (Lipinski definition) is 3. The van der Waals surface area contributed by atoms with Crippen molar-refractivity contribution in [1.29, 1.82) is 0 Å². The van der Waals surface area contributed by atoms with Gasteiger partial charge in [0, 0.05) is 23.5 Å². The third-order valence-electron chi connectivity index (χ3n) is 2.75. The number of benzene rings is 2. The Balaban J connectivity index is 2.21. The summed E-state index contributed by atoms with van der Waals surface area (Å²) >= 11 is 0. The monoisotopic (exact) mass is 288 g/mol. The summed E-state index contributed by atoms with van der Waals surface area (Å²) in [4.78, 5) is 10.4. The van der Waals surface area contributed by atoms with Crippen LogP contribution in [0.2, 0.25) is 0 Å². The molecule has 0 atom stereocenters. The molecule has 2 rings (SSSR count). The highest BCUT2D eigenvalue weighted by Gasteiger charge is 2.09. The van der Waals surface area contributed by atoms with Gasteiger partial charge >= 0.3 is 0 Å². The fourth-order valence-electron chi connectivity index (χ4n) is 1.84. The molecule has 110 valence electrons. The van der Waals surface area contributed by atoms with Crippen LogP contribution in [0, 0.1) is 10.1 Å².